The van der Waals surface area contributed by atoms with E-state index >= 15 is 0 Å². The quantitative estimate of drug-likeness (QED) is 0.633. The molecule has 7 heteroatoms. The molecule has 18 heavy (non-hydrogen) atoms. The number of carboxylic acids is 1. The first-order valence-electron chi connectivity index (χ1n) is 5.04. The van der Waals surface area contributed by atoms with Gasteiger partial charge in [-0.2, -0.15) is 0 Å². The second kappa shape index (κ2) is 4.28. The molecule has 0 aliphatic rings. The first kappa shape index (κ1) is 11.8. The fourth-order valence-electron chi connectivity index (χ4n) is 1.70. The summed E-state index contributed by atoms with van der Waals surface area (Å²) in [4.78, 5) is 25.1. The maximum absolute atomic E-state index is 10.9. The van der Waals surface area contributed by atoms with Crippen molar-refractivity contribution >= 4 is 28.2 Å². The number of benzene rings is 1. The van der Waals surface area contributed by atoms with E-state index < -0.39 is 10.9 Å². The first-order valence-corrected chi connectivity index (χ1v) is 5.04. The number of hydrogen-bond donors (Lipinski definition) is 2. The minimum atomic E-state index is -1.23. The topological polar surface area (TPSA) is 105 Å². The van der Waals surface area contributed by atoms with Crippen molar-refractivity contribution in [2.24, 2.45) is 0 Å². The van der Waals surface area contributed by atoms with E-state index in [2.05, 4.69) is 10.3 Å². The van der Waals surface area contributed by atoms with Gasteiger partial charge in [0.25, 0.3) is 5.69 Å². The SMILES string of the molecule is CNc1cc(C(=O)O)nc2c([N+](=O)[O-])cccc12. The van der Waals surface area contributed by atoms with Crippen LogP contribution in [0.3, 0.4) is 0 Å². The van der Waals surface area contributed by atoms with Crippen LogP contribution in [0.1, 0.15) is 10.5 Å². The molecule has 1 aromatic heterocycles. The van der Waals surface area contributed by atoms with Crippen molar-refractivity contribution < 1.29 is 14.8 Å². The molecule has 7 nitrogen and oxygen atoms in total. The lowest BCUT2D eigenvalue weighted by Crippen LogP contribution is -2.04. The number of nitro groups is 1. The van der Waals surface area contributed by atoms with Gasteiger partial charge >= 0.3 is 5.97 Å². The highest BCUT2D eigenvalue weighted by Crippen LogP contribution is 2.29. The molecular weight excluding hydrogens is 238 g/mol. The maximum Gasteiger partial charge on any atom is 0.354 e. The summed E-state index contributed by atoms with van der Waals surface area (Å²) >= 11 is 0. The van der Waals surface area contributed by atoms with E-state index in [-0.39, 0.29) is 16.9 Å². The molecule has 0 amide bonds. The molecule has 0 aliphatic heterocycles. The number of nitro benzene ring substituents is 1. The van der Waals surface area contributed by atoms with Crippen LogP contribution in [0.15, 0.2) is 24.3 Å². The monoisotopic (exact) mass is 247 g/mol. The van der Waals surface area contributed by atoms with Gasteiger partial charge in [-0.15, -0.1) is 0 Å². The maximum atomic E-state index is 10.9. The summed E-state index contributed by atoms with van der Waals surface area (Å²) in [6.45, 7) is 0. The summed E-state index contributed by atoms with van der Waals surface area (Å²) in [6, 6.07) is 5.81. The van der Waals surface area contributed by atoms with Crippen LogP contribution in [-0.2, 0) is 0 Å². The number of nitrogens with zero attached hydrogens (tertiary/aromatic N) is 2. The normalized spacial score (nSPS) is 10.3. The number of aromatic carboxylic acids is 1. The highest BCUT2D eigenvalue weighted by molar-refractivity contribution is 6.00. The zero-order chi connectivity index (χ0) is 13.3. The average molecular weight is 247 g/mol. The number of anilines is 1. The van der Waals surface area contributed by atoms with Gasteiger partial charge in [0.1, 0.15) is 0 Å². The fourth-order valence-corrected chi connectivity index (χ4v) is 1.70. The molecule has 0 fully saturated rings. The molecule has 0 unspecified atom stereocenters. The summed E-state index contributed by atoms with van der Waals surface area (Å²) < 4.78 is 0. The molecule has 1 aromatic carbocycles. The Hall–Kier alpha value is -2.70. The summed E-state index contributed by atoms with van der Waals surface area (Å²) in [7, 11) is 1.61. The molecule has 2 rings (SSSR count). The summed E-state index contributed by atoms with van der Waals surface area (Å²) in [6.07, 6.45) is 0. The highest BCUT2D eigenvalue weighted by atomic mass is 16.6. The Balaban J connectivity index is 2.88. The number of nitrogens with one attached hydrogen (secondary N) is 1. The van der Waals surface area contributed by atoms with Gasteiger partial charge in [-0.05, 0) is 6.07 Å². The molecule has 0 saturated carbocycles. The summed E-state index contributed by atoms with van der Waals surface area (Å²) in [5, 5.41) is 23.1. The van der Waals surface area contributed by atoms with Crippen molar-refractivity contribution in [2.75, 3.05) is 12.4 Å². The van der Waals surface area contributed by atoms with E-state index in [4.69, 9.17) is 5.11 Å². The molecule has 92 valence electrons. The number of rotatable bonds is 3. The van der Waals surface area contributed by atoms with Gasteiger partial charge in [0.2, 0.25) is 0 Å². The largest absolute Gasteiger partial charge is 0.477 e. The van der Waals surface area contributed by atoms with Gasteiger partial charge < -0.3 is 10.4 Å². The van der Waals surface area contributed by atoms with Crippen molar-refractivity contribution in [2.45, 2.75) is 0 Å². The van der Waals surface area contributed by atoms with E-state index in [0.717, 1.165) is 0 Å². The number of hydrogen-bond acceptors (Lipinski definition) is 5. The molecular formula is C11H9N3O4. The molecule has 2 aromatic rings. The van der Waals surface area contributed by atoms with E-state index in [1.165, 1.54) is 18.2 Å². The Bertz CT molecular complexity index is 654. The highest BCUT2D eigenvalue weighted by Gasteiger charge is 2.18. The number of non-ortho nitro benzene ring substituents is 1. The lowest BCUT2D eigenvalue weighted by Gasteiger charge is -2.07. The van der Waals surface area contributed by atoms with E-state index in [0.29, 0.717) is 11.1 Å². The van der Waals surface area contributed by atoms with Crippen LogP contribution < -0.4 is 5.32 Å². The number of para-hydroxylation sites is 1. The lowest BCUT2D eigenvalue weighted by atomic mass is 10.1. The van der Waals surface area contributed by atoms with Crippen molar-refractivity contribution in [1.29, 1.82) is 0 Å². The van der Waals surface area contributed by atoms with Gasteiger partial charge in [0, 0.05) is 24.2 Å². The number of fused-ring (bicyclic) bond motifs is 1. The first-order chi connectivity index (χ1) is 8.54. The van der Waals surface area contributed by atoms with Crippen molar-refractivity contribution in [3.8, 4) is 0 Å². The Morgan fingerprint density at radius 1 is 1.50 bits per heavy atom. The Labute approximate surface area is 101 Å². The lowest BCUT2D eigenvalue weighted by molar-refractivity contribution is -0.383. The molecule has 0 aliphatic carbocycles. The smallest absolute Gasteiger partial charge is 0.354 e. The number of carbonyl (C=O) groups is 1. The Morgan fingerprint density at radius 3 is 2.78 bits per heavy atom. The van der Waals surface area contributed by atoms with Crippen LogP contribution in [0.2, 0.25) is 0 Å². The predicted molar refractivity (Wildman–Crippen MR) is 64.9 cm³/mol. The second-order valence-corrected chi connectivity index (χ2v) is 3.54. The van der Waals surface area contributed by atoms with Crippen LogP contribution in [0.25, 0.3) is 10.9 Å². The van der Waals surface area contributed by atoms with Crippen LogP contribution >= 0.6 is 0 Å². The van der Waals surface area contributed by atoms with Crippen LogP contribution in [-0.4, -0.2) is 28.0 Å². The Kier molecular flexibility index (Phi) is 2.80. The minimum absolute atomic E-state index is 0.0618. The van der Waals surface area contributed by atoms with Crippen LogP contribution in [0, 0.1) is 10.1 Å². The van der Waals surface area contributed by atoms with Gasteiger partial charge in [-0.25, -0.2) is 9.78 Å². The molecule has 0 radical (unpaired) electrons. The van der Waals surface area contributed by atoms with Crippen molar-refractivity contribution in [3.63, 3.8) is 0 Å². The Morgan fingerprint density at radius 2 is 2.22 bits per heavy atom. The molecule has 0 bridgehead atoms. The van der Waals surface area contributed by atoms with Gasteiger partial charge in [-0.1, -0.05) is 12.1 Å². The zero-order valence-corrected chi connectivity index (χ0v) is 9.38. The van der Waals surface area contributed by atoms with Gasteiger partial charge in [0.05, 0.1) is 4.92 Å². The zero-order valence-electron chi connectivity index (χ0n) is 9.38. The number of aromatic nitrogens is 1. The van der Waals surface area contributed by atoms with Crippen LogP contribution in [0.4, 0.5) is 11.4 Å². The molecule has 0 saturated heterocycles. The van der Waals surface area contributed by atoms with Gasteiger partial charge in [0.15, 0.2) is 11.2 Å². The van der Waals surface area contributed by atoms with Crippen molar-refractivity contribution in [3.05, 3.63) is 40.1 Å². The van der Waals surface area contributed by atoms with E-state index in [9.17, 15) is 14.9 Å². The second-order valence-electron chi connectivity index (χ2n) is 3.54. The van der Waals surface area contributed by atoms with Gasteiger partial charge in [-0.3, -0.25) is 10.1 Å². The van der Waals surface area contributed by atoms with Crippen molar-refractivity contribution in [1.82, 2.24) is 4.98 Å². The summed E-state index contributed by atoms with van der Waals surface area (Å²) in [5.74, 6) is -1.23. The predicted octanol–water partition coefficient (Wildman–Crippen LogP) is 1.88. The molecule has 1 heterocycles. The van der Waals surface area contributed by atoms with E-state index in [1.807, 2.05) is 0 Å². The molecule has 0 atom stereocenters. The molecule has 0 spiro atoms. The number of carboxylic acid groups (broad SMARTS) is 1. The standard InChI is InChI=1S/C11H9N3O4/c1-12-7-5-8(11(15)16)13-10-6(7)3-2-4-9(10)14(17)18/h2-5H,1H3,(H,12,13)(H,15,16). The third-order valence-corrected chi connectivity index (χ3v) is 2.50. The number of pyridine rings is 1. The third kappa shape index (κ3) is 1.81. The van der Waals surface area contributed by atoms with Crippen LogP contribution in [0.5, 0.6) is 0 Å². The third-order valence-electron chi connectivity index (χ3n) is 2.50. The fraction of sp³-hybridized carbons (Fsp3) is 0.0909. The molecule has 2 N–H and O–H groups in total. The minimum Gasteiger partial charge on any atom is -0.477 e. The average Bonchev–Trinajstić information content (AvgIpc) is 2.36. The van der Waals surface area contributed by atoms with E-state index in [1.54, 1.807) is 13.1 Å². The summed E-state index contributed by atoms with van der Waals surface area (Å²) in [5.41, 5.74) is 0.0982.